The molecule has 1 fully saturated rings. The molecule has 0 amide bonds. The topological polar surface area (TPSA) is 42.7 Å². The molecule has 2 rings (SSSR count). The van der Waals surface area contributed by atoms with Gasteiger partial charge in [0.2, 0.25) is 0 Å². The zero-order chi connectivity index (χ0) is 11.9. The van der Waals surface area contributed by atoms with Gasteiger partial charge in [-0.1, -0.05) is 20.8 Å². The Kier molecular flexibility index (Phi) is 2.78. The Morgan fingerprint density at radius 3 is 2.50 bits per heavy atom. The normalized spacial score (nSPS) is 26.3. The predicted octanol–water partition coefficient (Wildman–Crippen LogP) is 1.58. The van der Waals surface area contributed by atoms with Crippen LogP contribution in [0.25, 0.3) is 0 Å². The molecule has 0 saturated carbocycles. The van der Waals surface area contributed by atoms with Crippen molar-refractivity contribution >= 4 is 0 Å². The Balaban J connectivity index is 2.32. The minimum atomic E-state index is 0.0330. The molecule has 1 aliphatic heterocycles. The minimum Gasteiger partial charge on any atom is -0.314 e. The molecule has 0 aliphatic carbocycles. The van der Waals surface area contributed by atoms with E-state index in [-0.39, 0.29) is 5.41 Å². The molecule has 0 aromatic carbocycles. The predicted molar refractivity (Wildman–Crippen MR) is 64.5 cm³/mol. The van der Waals surface area contributed by atoms with Gasteiger partial charge in [-0.15, -0.1) is 0 Å². The lowest BCUT2D eigenvalue weighted by molar-refractivity contribution is 0.534. The lowest BCUT2D eigenvalue weighted by atomic mass is 9.96. The Morgan fingerprint density at radius 1 is 1.38 bits per heavy atom. The van der Waals surface area contributed by atoms with Crippen molar-refractivity contribution in [2.45, 2.75) is 51.5 Å². The summed E-state index contributed by atoms with van der Waals surface area (Å²) in [6.45, 7) is 9.78. The van der Waals surface area contributed by atoms with Crippen LogP contribution < -0.4 is 5.32 Å². The molecule has 2 unspecified atom stereocenters. The average Bonchev–Trinajstić information content (AvgIpc) is 2.70. The van der Waals surface area contributed by atoms with Crippen molar-refractivity contribution in [1.29, 1.82) is 0 Å². The summed E-state index contributed by atoms with van der Waals surface area (Å²) in [5.74, 6) is 2.58. The van der Waals surface area contributed by atoms with Crippen LogP contribution in [0.3, 0.4) is 0 Å². The highest BCUT2D eigenvalue weighted by atomic mass is 15.3. The molecule has 1 aliphatic rings. The van der Waals surface area contributed by atoms with Crippen molar-refractivity contribution < 1.29 is 0 Å². The van der Waals surface area contributed by atoms with Gasteiger partial charge in [-0.3, -0.25) is 4.68 Å². The van der Waals surface area contributed by atoms with E-state index in [0.29, 0.717) is 12.0 Å². The molecule has 4 nitrogen and oxygen atoms in total. The van der Waals surface area contributed by atoms with E-state index in [4.69, 9.17) is 4.98 Å². The summed E-state index contributed by atoms with van der Waals surface area (Å²) in [6.07, 6.45) is 1.16. The van der Waals surface area contributed by atoms with Gasteiger partial charge in [0.25, 0.3) is 0 Å². The molecule has 1 N–H and O–H groups in total. The molecule has 16 heavy (non-hydrogen) atoms. The van der Waals surface area contributed by atoms with E-state index in [1.807, 2.05) is 11.7 Å². The number of aromatic nitrogens is 3. The van der Waals surface area contributed by atoms with E-state index in [0.717, 1.165) is 24.6 Å². The second-order valence-corrected chi connectivity index (χ2v) is 5.81. The third kappa shape index (κ3) is 1.98. The highest BCUT2D eigenvalue weighted by Crippen LogP contribution is 2.28. The molecule has 1 saturated heterocycles. The van der Waals surface area contributed by atoms with E-state index in [2.05, 4.69) is 38.1 Å². The highest BCUT2D eigenvalue weighted by Gasteiger charge is 2.30. The van der Waals surface area contributed by atoms with Crippen molar-refractivity contribution in [3.8, 4) is 0 Å². The molecule has 0 radical (unpaired) electrons. The average molecular weight is 222 g/mol. The monoisotopic (exact) mass is 222 g/mol. The zero-order valence-corrected chi connectivity index (χ0v) is 10.9. The molecular weight excluding hydrogens is 200 g/mol. The number of nitrogens with zero attached hydrogens (tertiary/aromatic N) is 3. The van der Waals surface area contributed by atoms with Crippen molar-refractivity contribution in [3.63, 3.8) is 0 Å². The summed E-state index contributed by atoms with van der Waals surface area (Å²) in [5.41, 5.74) is 0.0330. The van der Waals surface area contributed by atoms with Crippen molar-refractivity contribution in [3.05, 3.63) is 11.6 Å². The minimum absolute atomic E-state index is 0.0330. The largest absolute Gasteiger partial charge is 0.314 e. The van der Waals surface area contributed by atoms with Crippen molar-refractivity contribution in [2.24, 2.45) is 7.05 Å². The maximum atomic E-state index is 4.73. The first-order valence-corrected chi connectivity index (χ1v) is 6.04. The first kappa shape index (κ1) is 11.6. The molecule has 1 aromatic heterocycles. The van der Waals surface area contributed by atoms with Gasteiger partial charge in [0.15, 0.2) is 5.82 Å². The van der Waals surface area contributed by atoms with Crippen LogP contribution in [0.2, 0.25) is 0 Å². The van der Waals surface area contributed by atoms with Crippen LogP contribution in [0.1, 0.15) is 51.7 Å². The van der Waals surface area contributed by atoms with Gasteiger partial charge in [0.05, 0.1) is 0 Å². The fourth-order valence-electron chi connectivity index (χ4n) is 2.25. The molecule has 2 atom stereocenters. The lowest BCUT2D eigenvalue weighted by Gasteiger charge is -2.14. The second kappa shape index (κ2) is 3.84. The van der Waals surface area contributed by atoms with Gasteiger partial charge in [-0.25, -0.2) is 4.98 Å². The summed E-state index contributed by atoms with van der Waals surface area (Å²) in [6, 6.07) is 0.510. The molecule has 2 heterocycles. The Bertz CT molecular complexity index is 375. The summed E-state index contributed by atoms with van der Waals surface area (Å²) >= 11 is 0. The fraction of sp³-hybridized carbons (Fsp3) is 0.833. The Labute approximate surface area is 97.5 Å². The third-order valence-electron chi connectivity index (χ3n) is 3.32. The summed E-state index contributed by atoms with van der Waals surface area (Å²) in [7, 11) is 2.00. The van der Waals surface area contributed by atoms with E-state index in [9.17, 15) is 0 Å². The Hall–Kier alpha value is -0.900. The van der Waals surface area contributed by atoms with Crippen molar-refractivity contribution in [1.82, 2.24) is 20.1 Å². The maximum absolute atomic E-state index is 4.73. The van der Waals surface area contributed by atoms with E-state index in [1.54, 1.807) is 0 Å². The first-order chi connectivity index (χ1) is 7.39. The van der Waals surface area contributed by atoms with Gasteiger partial charge in [0, 0.05) is 24.4 Å². The fourth-order valence-corrected chi connectivity index (χ4v) is 2.25. The van der Waals surface area contributed by atoms with Gasteiger partial charge in [-0.05, 0) is 19.9 Å². The first-order valence-electron chi connectivity index (χ1n) is 6.04. The van der Waals surface area contributed by atoms with Gasteiger partial charge < -0.3 is 5.32 Å². The molecule has 4 heteroatoms. The van der Waals surface area contributed by atoms with Crippen LogP contribution in [-0.2, 0) is 12.5 Å². The standard InChI is InChI=1S/C12H22N4/c1-8-9(6-7-13-8)10-14-11(12(2,3)4)15-16(10)5/h8-9,13H,6-7H2,1-5H3. The van der Waals surface area contributed by atoms with Crippen LogP contribution >= 0.6 is 0 Å². The lowest BCUT2D eigenvalue weighted by Crippen LogP contribution is -2.23. The van der Waals surface area contributed by atoms with Crippen LogP contribution in [0.15, 0.2) is 0 Å². The summed E-state index contributed by atoms with van der Waals surface area (Å²) in [5, 5.41) is 8.00. The van der Waals surface area contributed by atoms with E-state index < -0.39 is 0 Å². The van der Waals surface area contributed by atoms with Gasteiger partial charge in [-0.2, -0.15) is 5.10 Å². The molecular formula is C12H22N4. The highest BCUT2D eigenvalue weighted by molar-refractivity contribution is 5.10. The van der Waals surface area contributed by atoms with E-state index >= 15 is 0 Å². The SMILES string of the molecule is CC1NCCC1c1nc(C(C)(C)C)nn1C. The van der Waals surface area contributed by atoms with Crippen LogP contribution in [0.5, 0.6) is 0 Å². The molecule has 1 aromatic rings. The number of hydrogen-bond donors (Lipinski definition) is 1. The number of rotatable bonds is 1. The maximum Gasteiger partial charge on any atom is 0.156 e. The zero-order valence-electron chi connectivity index (χ0n) is 10.9. The molecule has 0 bridgehead atoms. The van der Waals surface area contributed by atoms with Gasteiger partial charge in [0.1, 0.15) is 5.82 Å². The Morgan fingerprint density at radius 2 is 2.06 bits per heavy atom. The van der Waals surface area contributed by atoms with Gasteiger partial charge >= 0.3 is 0 Å². The van der Waals surface area contributed by atoms with Crippen LogP contribution in [0.4, 0.5) is 0 Å². The summed E-state index contributed by atoms with van der Waals surface area (Å²) < 4.78 is 1.95. The molecule has 0 spiro atoms. The quantitative estimate of drug-likeness (QED) is 0.784. The summed E-state index contributed by atoms with van der Waals surface area (Å²) in [4.78, 5) is 4.73. The molecule has 90 valence electrons. The smallest absolute Gasteiger partial charge is 0.156 e. The van der Waals surface area contributed by atoms with Crippen LogP contribution in [0, 0.1) is 0 Å². The number of hydrogen-bond acceptors (Lipinski definition) is 3. The van der Waals surface area contributed by atoms with Crippen molar-refractivity contribution in [2.75, 3.05) is 6.54 Å². The van der Waals surface area contributed by atoms with E-state index in [1.165, 1.54) is 0 Å². The second-order valence-electron chi connectivity index (χ2n) is 5.81. The number of nitrogens with one attached hydrogen (secondary N) is 1. The third-order valence-corrected chi connectivity index (χ3v) is 3.32. The number of aryl methyl sites for hydroxylation is 1. The van der Waals surface area contributed by atoms with Crippen LogP contribution in [-0.4, -0.2) is 27.4 Å².